The van der Waals surface area contributed by atoms with Crippen molar-refractivity contribution in [3.63, 3.8) is 0 Å². The van der Waals surface area contributed by atoms with Gasteiger partial charge in [-0.2, -0.15) is 0 Å². The Bertz CT molecular complexity index is 459. The van der Waals surface area contributed by atoms with Crippen molar-refractivity contribution in [2.24, 2.45) is 5.73 Å². The van der Waals surface area contributed by atoms with E-state index in [-0.39, 0.29) is 5.82 Å². The van der Waals surface area contributed by atoms with Crippen molar-refractivity contribution in [3.05, 3.63) is 35.1 Å². The summed E-state index contributed by atoms with van der Waals surface area (Å²) >= 11 is 2.70. The molecule has 0 amide bonds. The minimum Gasteiger partial charge on any atom is -0.330 e. The van der Waals surface area contributed by atoms with Gasteiger partial charge in [0.1, 0.15) is 11.3 Å². The molecular weight excluding hydrogens is 245 g/mol. The lowest BCUT2D eigenvalue weighted by atomic mass is 10.1. The van der Waals surface area contributed by atoms with Gasteiger partial charge >= 0.3 is 0 Å². The van der Waals surface area contributed by atoms with Crippen LogP contribution in [0.4, 0.5) is 4.39 Å². The Hall–Kier alpha value is -0.980. The van der Waals surface area contributed by atoms with Crippen LogP contribution in [0.3, 0.4) is 0 Å². The smallest absolute Gasteiger partial charge is 0.178 e. The molecule has 1 aromatic carbocycles. The molecular formula is C10H10FN3S2. The molecule has 2 N–H and O–H groups in total. The Kier molecular flexibility index (Phi) is 3.87. The molecule has 0 saturated heterocycles. The zero-order valence-corrected chi connectivity index (χ0v) is 10.0. The van der Waals surface area contributed by atoms with Crippen LogP contribution in [0.2, 0.25) is 0 Å². The molecule has 0 aliphatic rings. The van der Waals surface area contributed by atoms with Gasteiger partial charge in [0.15, 0.2) is 4.34 Å². The van der Waals surface area contributed by atoms with E-state index in [1.807, 2.05) is 6.07 Å². The van der Waals surface area contributed by atoms with Crippen LogP contribution in [-0.4, -0.2) is 16.7 Å². The molecule has 0 saturated carbocycles. The van der Waals surface area contributed by atoms with Crippen LogP contribution in [0.5, 0.6) is 0 Å². The maximum atomic E-state index is 13.7. The largest absolute Gasteiger partial charge is 0.330 e. The van der Waals surface area contributed by atoms with Gasteiger partial charge in [0, 0.05) is 0 Å². The molecule has 3 nitrogen and oxygen atoms in total. The zero-order chi connectivity index (χ0) is 11.4. The summed E-state index contributed by atoms with van der Waals surface area (Å²) in [4.78, 5) is 0.602. The molecule has 84 valence electrons. The van der Waals surface area contributed by atoms with E-state index in [1.165, 1.54) is 29.2 Å². The van der Waals surface area contributed by atoms with Crippen molar-refractivity contribution in [3.8, 4) is 0 Å². The van der Waals surface area contributed by atoms with Gasteiger partial charge in [0.2, 0.25) is 0 Å². The second-order valence-electron chi connectivity index (χ2n) is 3.07. The highest BCUT2D eigenvalue weighted by atomic mass is 32.2. The summed E-state index contributed by atoms with van der Waals surface area (Å²) in [6.07, 6.45) is 0.666. The Balaban J connectivity index is 2.30. The molecule has 0 aliphatic heterocycles. The maximum absolute atomic E-state index is 13.7. The topological polar surface area (TPSA) is 51.8 Å². The van der Waals surface area contributed by atoms with Crippen molar-refractivity contribution in [1.29, 1.82) is 0 Å². The van der Waals surface area contributed by atoms with E-state index in [9.17, 15) is 4.39 Å². The second-order valence-corrected chi connectivity index (χ2v) is 5.16. The lowest BCUT2D eigenvalue weighted by Gasteiger charge is -2.07. The lowest BCUT2D eigenvalue weighted by molar-refractivity contribution is 0.597. The van der Waals surface area contributed by atoms with Gasteiger partial charge in [-0.3, -0.25) is 0 Å². The van der Waals surface area contributed by atoms with E-state index < -0.39 is 0 Å². The summed E-state index contributed by atoms with van der Waals surface area (Å²) in [6.45, 7) is 0.507. The Morgan fingerprint density at radius 2 is 2.31 bits per heavy atom. The van der Waals surface area contributed by atoms with E-state index in [0.29, 0.717) is 17.9 Å². The van der Waals surface area contributed by atoms with Gasteiger partial charge in [-0.05, 0) is 24.6 Å². The third-order valence-corrected chi connectivity index (χ3v) is 3.93. The number of nitrogens with zero attached hydrogens (tertiary/aromatic N) is 2. The van der Waals surface area contributed by atoms with Crippen LogP contribution in [0.25, 0.3) is 0 Å². The number of hydrogen-bond donors (Lipinski definition) is 1. The average molecular weight is 255 g/mol. The molecule has 0 spiro atoms. The van der Waals surface area contributed by atoms with Gasteiger partial charge in [0.25, 0.3) is 0 Å². The van der Waals surface area contributed by atoms with E-state index in [0.717, 1.165) is 9.90 Å². The minimum absolute atomic E-state index is 0.230. The molecule has 0 aliphatic carbocycles. The molecule has 2 rings (SSSR count). The molecule has 1 aromatic heterocycles. The molecule has 0 fully saturated rings. The van der Waals surface area contributed by atoms with Crippen molar-refractivity contribution in [1.82, 2.24) is 10.2 Å². The fourth-order valence-corrected chi connectivity index (χ4v) is 2.89. The monoisotopic (exact) mass is 255 g/mol. The minimum atomic E-state index is -0.230. The first-order valence-electron chi connectivity index (χ1n) is 4.72. The van der Waals surface area contributed by atoms with Crippen molar-refractivity contribution >= 4 is 23.1 Å². The van der Waals surface area contributed by atoms with Crippen LogP contribution in [0, 0.1) is 5.82 Å². The van der Waals surface area contributed by atoms with E-state index in [1.54, 1.807) is 11.6 Å². The number of hydrogen-bond acceptors (Lipinski definition) is 5. The first kappa shape index (κ1) is 11.5. The first-order chi connectivity index (χ1) is 7.81. The predicted octanol–water partition coefficient (Wildman–Crippen LogP) is 2.33. The third-order valence-electron chi connectivity index (χ3n) is 1.99. The molecule has 0 atom stereocenters. The molecule has 0 unspecified atom stereocenters. The fourth-order valence-electron chi connectivity index (χ4n) is 1.31. The predicted molar refractivity (Wildman–Crippen MR) is 63.2 cm³/mol. The number of benzene rings is 1. The summed E-state index contributed by atoms with van der Waals surface area (Å²) in [5, 5.41) is 7.61. The third kappa shape index (κ3) is 2.58. The Morgan fingerprint density at radius 3 is 3.00 bits per heavy atom. The summed E-state index contributed by atoms with van der Waals surface area (Å²) in [5.74, 6) is -0.230. The summed E-state index contributed by atoms with van der Waals surface area (Å²) in [5.41, 5.74) is 8.05. The summed E-state index contributed by atoms with van der Waals surface area (Å²) in [6, 6.07) is 5.03. The van der Waals surface area contributed by atoms with Crippen LogP contribution in [-0.2, 0) is 6.42 Å². The van der Waals surface area contributed by atoms with Gasteiger partial charge in [0.05, 0.1) is 4.90 Å². The highest BCUT2D eigenvalue weighted by Crippen LogP contribution is 2.33. The van der Waals surface area contributed by atoms with Crippen molar-refractivity contribution in [2.75, 3.05) is 6.54 Å². The highest BCUT2D eigenvalue weighted by molar-refractivity contribution is 8.01. The molecule has 6 heteroatoms. The quantitative estimate of drug-likeness (QED) is 0.911. The number of aromatic nitrogens is 2. The molecule has 0 bridgehead atoms. The van der Waals surface area contributed by atoms with E-state index >= 15 is 0 Å². The van der Waals surface area contributed by atoms with Crippen LogP contribution in [0.1, 0.15) is 5.56 Å². The molecule has 1 heterocycles. The maximum Gasteiger partial charge on any atom is 0.178 e. The fraction of sp³-hybridized carbons (Fsp3) is 0.200. The highest BCUT2D eigenvalue weighted by Gasteiger charge is 2.11. The van der Waals surface area contributed by atoms with Gasteiger partial charge in [-0.25, -0.2) is 4.39 Å². The molecule has 16 heavy (non-hydrogen) atoms. The van der Waals surface area contributed by atoms with Crippen LogP contribution >= 0.6 is 23.1 Å². The van der Waals surface area contributed by atoms with Crippen LogP contribution < -0.4 is 5.73 Å². The van der Waals surface area contributed by atoms with Crippen molar-refractivity contribution < 1.29 is 4.39 Å². The number of halogens is 1. The van der Waals surface area contributed by atoms with Gasteiger partial charge in [-0.15, -0.1) is 10.2 Å². The Morgan fingerprint density at radius 1 is 1.44 bits per heavy atom. The standard InChI is InChI=1S/C10H10FN3S2/c11-8-3-1-2-7(4-5-12)9(8)16-10-14-13-6-15-10/h1-3,6H,4-5,12H2. The van der Waals surface area contributed by atoms with Crippen molar-refractivity contribution in [2.45, 2.75) is 15.7 Å². The molecule has 0 radical (unpaired) electrons. The second kappa shape index (κ2) is 5.38. The number of nitrogens with two attached hydrogens (primary N) is 1. The number of rotatable bonds is 4. The SMILES string of the molecule is NCCc1cccc(F)c1Sc1nncs1. The summed E-state index contributed by atoms with van der Waals surface area (Å²) < 4.78 is 14.4. The van der Waals surface area contributed by atoms with Gasteiger partial charge in [-0.1, -0.05) is 35.2 Å². The van der Waals surface area contributed by atoms with Crippen LogP contribution in [0.15, 0.2) is 32.9 Å². The first-order valence-corrected chi connectivity index (χ1v) is 6.42. The summed E-state index contributed by atoms with van der Waals surface area (Å²) in [7, 11) is 0. The van der Waals surface area contributed by atoms with E-state index in [2.05, 4.69) is 10.2 Å². The van der Waals surface area contributed by atoms with E-state index in [4.69, 9.17) is 5.73 Å². The Labute approximate surface area is 101 Å². The lowest BCUT2D eigenvalue weighted by Crippen LogP contribution is -2.04. The molecule has 2 aromatic rings. The zero-order valence-electron chi connectivity index (χ0n) is 8.39. The average Bonchev–Trinajstić information content (AvgIpc) is 2.76. The van der Waals surface area contributed by atoms with Gasteiger partial charge < -0.3 is 5.73 Å². The normalized spacial score (nSPS) is 10.6.